The quantitative estimate of drug-likeness (QED) is 0.810. The summed E-state index contributed by atoms with van der Waals surface area (Å²) in [6.45, 7) is 11.8. The third-order valence-corrected chi connectivity index (χ3v) is 3.93. The summed E-state index contributed by atoms with van der Waals surface area (Å²) in [5, 5.41) is 0. The normalized spacial score (nSPS) is 31.7. The minimum atomic E-state index is -1.34. The van der Waals surface area contributed by atoms with Gasteiger partial charge >= 0.3 is 0 Å². The third-order valence-electron chi connectivity index (χ3n) is 3.93. The molecule has 0 aromatic rings. The fraction of sp³-hybridized carbons (Fsp3) is 1.00. The Balaban J connectivity index is 3.04. The standard InChI is InChI=1S/C13H26FNO/c1-9(2)13(14,8-15)10-7-11(3,4)16-12(10,5)6/h9-10H,7-8,15H2,1-6H3. The molecule has 2 N–H and O–H groups in total. The smallest absolute Gasteiger partial charge is 0.131 e. The molecule has 0 bridgehead atoms. The van der Waals surface area contributed by atoms with E-state index >= 15 is 0 Å². The van der Waals surface area contributed by atoms with Crippen molar-refractivity contribution in [3.8, 4) is 0 Å². The number of nitrogens with two attached hydrogens (primary N) is 1. The van der Waals surface area contributed by atoms with Crippen LogP contribution in [0.4, 0.5) is 4.39 Å². The number of hydrogen-bond donors (Lipinski definition) is 1. The van der Waals surface area contributed by atoms with Crippen LogP contribution in [0.15, 0.2) is 0 Å². The summed E-state index contributed by atoms with van der Waals surface area (Å²) < 4.78 is 20.9. The summed E-state index contributed by atoms with van der Waals surface area (Å²) in [7, 11) is 0. The van der Waals surface area contributed by atoms with Crippen molar-refractivity contribution < 1.29 is 9.13 Å². The lowest BCUT2D eigenvalue weighted by Gasteiger charge is -2.40. The van der Waals surface area contributed by atoms with E-state index in [1.807, 2.05) is 41.5 Å². The number of alkyl halides is 1. The van der Waals surface area contributed by atoms with E-state index in [4.69, 9.17) is 10.5 Å². The summed E-state index contributed by atoms with van der Waals surface area (Å²) >= 11 is 0. The third kappa shape index (κ3) is 2.25. The van der Waals surface area contributed by atoms with Crippen molar-refractivity contribution in [1.82, 2.24) is 0 Å². The van der Waals surface area contributed by atoms with Gasteiger partial charge in [0, 0.05) is 12.5 Å². The monoisotopic (exact) mass is 231 g/mol. The Labute approximate surface area is 98.7 Å². The van der Waals surface area contributed by atoms with Crippen LogP contribution >= 0.6 is 0 Å². The summed E-state index contributed by atoms with van der Waals surface area (Å²) in [6.07, 6.45) is 0.728. The minimum Gasteiger partial charge on any atom is -0.369 e. The predicted molar refractivity (Wildman–Crippen MR) is 65.1 cm³/mol. The highest BCUT2D eigenvalue weighted by atomic mass is 19.1. The van der Waals surface area contributed by atoms with Gasteiger partial charge in [0.2, 0.25) is 0 Å². The average Bonchev–Trinajstić information content (AvgIpc) is 2.33. The molecule has 0 aliphatic carbocycles. The topological polar surface area (TPSA) is 35.2 Å². The molecule has 3 heteroatoms. The first-order valence-corrected chi connectivity index (χ1v) is 6.14. The van der Waals surface area contributed by atoms with E-state index in [1.165, 1.54) is 0 Å². The predicted octanol–water partition coefficient (Wildman–Crippen LogP) is 2.90. The molecule has 16 heavy (non-hydrogen) atoms. The van der Waals surface area contributed by atoms with Crippen molar-refractivity contribution in [2.24, 2.45) is 17.6 Å². The molecule has 1 heterocycles. The van der Waals surface area contributed by atoms with Gasteiger partial charge in [-0.2, -0.15) is 0 Å². The van der Waals surface area contributed by atoms with Crippen LogP contribution in [0.25, 0.3) is 0 Å². The van der Waals surface area contributed by atoms with Gasteiger partial charge in [-0.25, -0.2) is 4.39 Å². The van der Waals surface area contributed by atoms with E-state index in [0.717, 1.165) is 6.42 Å². The van der Waals surface area contributed by atoms with Crippen molar-refractivity contribution in [1.29, 1.82) is 0 Å². The number of hydrogen-bond acceptors (Lipinski definition) is 2. The van der Waals surface area contributed by atoms with E-state index in [-0.39, 0.29) is 24.0 Å². The fourth-order valence-corrected chi connectivity index (χ4v) is 3.09. The second kappa shape index (κ2) is 3.95. The zero-order valence-electron chi connectivity index (χ0n) is 11.4. The van der Waals surface area contributed by atoms with Crippen LogP contribution in [0.3, 0.4) is 0 Å². The number of rotatable bonds is 3. The van der Waals surface area contributed by atoms with Crippen LogP contribution < -0.4 is 5.73 Å². The van der Waals surface area contributed by atoms with Gasteiger partial charge < -0.3 is 10.5 Å². The minimum absolute atomic E-state index is 0.0677. The molecule has 2 atom stereocenters. The van der Waals surface area contributed by atoms with E-state index < -0.39 is 11.3 Å². The molecule has 1 fully saturated rings. The maximum Gasteiger partial charge on any atom is 0.131 e. The number of ether oxygens (including phenoxy) is 1. The van der Waals surface area contributed by atoms with Crippen molar-refractivity contribution in [2.75, 3.05) is 6.54 Å². The van der Waals surface area contributed by atoms with Gasteiger partial charge in [-0.3, -0.25) is 0 Å². The van der Waals surface area contributed by atoms with Gasteiger partial charge in [0.25, 0.3) is 0 Å². The maximum absolute atomic E-state index is 15.0. The summed E-state index contributed by atoms with van der Waals surface area (Å²) in [4.78, 5) is 0. The van der Waals surface area contributed by atoms with Gasteiger partial charge in [0.05, 0.1) is 11.2 Å². The maximum atomic E-state index is 15.0. The summed E-state index contributed by atoms with van der Waals surface area (Å²) in [6, 6.07) is 0. The van der Waals surface area contributed by atoms with Crippen molar-refractivity contribution in [3.63, 3.8) is 0 Å². The highest BCUT2D eigenvalue weighted by Gasteiger charge is 2.56. The van der Waals surface area contributed by atoms with Crippen LogP contribution in [-0.4, -0.2) is 23.4 Å². The molecule has 96 valence electrons. The Morgan fingerprint density at radius 2 is 1.88 bits per heavy atom. The first-order chi connectivity index (χ1) is 7.05. The first-order valence-electron chi connectivity index (χ1n) is 6.14. The van der Waals surface area contributed by atoms with Gasteiger partial charge in [0.1, 0.15) is 5.67 Å². The molecule has 0 radical (unpaired) electrons. The Hall–Kier alpha value is -0.150. The molecule has 2 unspecified atom stereocenters. The average molecular weight is 231 g/mol. The Morgan fingerprint density at radius 3 is 2.12 bits per heavy atom. The van der Waals surface area contributed by atoms with Crippen molar-refractivity contribution in [2.45, 2.75) is 64.8 Å². The molecule has 1 aliphatic heterocycles. The molecule has 2 nitrogen and oxygen atoms in total. The highest BCUT2D eigenvalue weighted by molar-refractivity contribution is 5.05. The first kappa shape index (κ1) is 13.9. The summed E-state index contributed by atoms with van der Waals surface area (Å²) in [5.74, 6) is -0.223. The van der Waals surface area contributed by atoms with Crippen molar-refractivity contribution >= 4 is 0 Å². The molecule has 0 aromatic heterocycles. The van der Waals surface area contributed by atoms with E-state index in [2.05, 4.69) is 0 Å². The highest BCUT2D eigenvalue weighted by Crippen LogP contribution is 2.50. The van der Waals surface area contributed by atoms with Crippen LogP contribution in [0, 0.1) is 11.8 Å². The molecular formula is C13H26FNO. The zero-order chi connectivity index (χ0) is 12.8. The SMILES string of the molecule is CC(C)C(F)(CN)C1CC(C)(C)OC1(C)C. The Kier molecular flexibility index (Phi) is 3.44. The van der Waals surface area contributed by atoms with Gasteiger partial charge in [0.15, 0.2) is 0 Å². The molecular weight excluding hydrogens is 205 g/mol. The van der Waals surface area contributed by atoms with Crippen LogP contribution in [0.1, 0.15) is 48.0 Å². The number of halogens is 1. The lowest BCUT2D eigenvalue weighted by molar-refractivity contribution is -0.100. The lowest BCUT2D eigenvalue weighted by Crippen LogP contribution is -2.51. The molecule has 1 aliphatic rings. The molecule has 0 aromatic carbocycles. The lowest BCUT2D eigenvalue weighted by atomic mass is 9.71. The molecule has 1 rings (SSSR count). The van der Waals surface area contributed by atoms with E-state index in [9.17, 15) is 4.39 Å². The van der Waals surface area contributed by atoms with Gasteiger partial charge in [-0.05, 0) is 40.0 Å². The van der Waals surface area contributed by atoms with Crippen molar-refractivity contribution in [3.05, 3.63) is 0 Å². The van der Waals surface area contributed by atoms with Crippen LogP contribution in [-0.2, 0) is 4.74 Å². The molecule has 1 saturated heterocycles. The van der Waals surface area contributed by atoms with Crippen LogP contribution in [0.5, 0.6) is 0 Å². The zero-order valence-corrected chi connectivity index (χ0v) is 11.4. The second-order valence-electron chi connectivity index (χ2n) is 6.51. The van der Waals surface area contributed by atoms with Gasteiger partial charge in [-0.15, -0.1) is 0 Å². The molecule has 0 spiro atoms. The summed E-state index contributed by atoms with van der Waals surface area (Å²) in [5.41, 5.74) is 3.63. The molecule has 0 saturated carbocycles. The Bertz CT molecular complexity index is 263. The van der Waals surface area contributed by atoms with E-state index in [0.29, 0.717) is 0 Å². The van der Waals surface area contributed by atoms with Crippen LogP contribution in [0.2, 0.25) is 0 Å². The van der Waals surface area contributed by atoms with Gasteiger partial charge in [-0.1, -0.05) is 13.8 Å². The van der Waals surface area contributed by atoms with E-state index in [1.54, 1.807) is 0 Å². The largest absolute Gasteiger partial charge is 0.369 e. The second-order valence-corrected chi connectivity index (χ2v) is 6.51. The molecule has 0 amide bonds. The Morgan fingerprint density at radius 1 is 1.38 bits per heavy atom. The fourth-order valence-electron chi connectivity index (χ4n) is 3.09.